The molecule has 0 aromatic rings. The second kappa shape index (κ2) is 14.6. The third-order valence-electron chi connectivity index (χ3n) is 5.51. The first kappa shape index (κ1) is 26.6. The fourth-order valence-electron chi connectivity index (χ4n) is 4.07. The predicted octanol–water partition coefficient (Wildman–Crippen LogP) is 7.74. The quantitative estimate of drug-likeness (QED) is 0.154. The molecular formula is C22H48O2SiSn. The van der Waals surface area contributed by atoms with Crippen molar-refractivity contribution in [1.82, 2.24) is 0 Å². The fourth-order valence-corrected chi connectivity index (χ4v) is 26.7. The van der Waals surface area contributed by atoms with Crippen LogP contribution in [0.25, 0.3) is 0 Å². The van der Waals surface area contributed by atoms with Crippen LogP contribution >= 0.6 is 0 Å². The molecule has 1 unspecified atom stereocenters. The van der Waals surface area contributed by atoms with E-state index in [0.717, 1.165) is 12.8 Å². The number of hydrogen-bond acceptors (Lipinski definition) is 2. The molecule has 0 aromatic carbocycles. The van der Waals surface area contributed by atoms with Crippen LogP contribution in [0.2, 0.25) is 33.0 Å². The number of unbranched alkanes of at least 4 members (excludes halogenated alkanes) is 4. The average molecular weight is 491 g/mol. The van der Waals surface area contributed by atoms with Gasteiger partial charge in [-0.3, -0.25) is 0 Å². The van der Waals surface area contributed by atoms with Crippen LogP contribution in [0, 0.1) is 0 Å². The predicted molar refractivity (Wildman–Crippen MR) is 122 cm³/mol. The Morgan fingerprint density at radius 3 is 1.65 bits per heavy atom. The molecule has 0 aliphatic heterocycles. The molecule has 0 N–H and O–H groups in total. The molecule has 2 nitrogen and oxygen atoms in total. The van der Waals surface area contributed by atoms with Crippen molar-refractivity contribution in [1.29, 1.82) is 0 Å². The van der Waals surface area contributed by atoms with E-state index in [-0.39, 0.29) is 0 Å². The first-order valence-electron chi connectivity index (χ1n) is 11.4. The van der Waals surface area contributed by atoms with Crippen molar-refractivity contribution in [3.8, 4) is 0 Å². The van der Waals surface area contributed by atoms with E-state index in [4.69, 9.17) is 4.43 Å². The van der Waals surface area contributed by atoms with E-state index in [1.807, 2.05) is 0 Å². The summed E-state index contributed by atoms with van der Waals surface area (Å²) in [4.78, 5) is 11.3. The normalized spacial score (nSPS) is 13.8. The molecule has 1 atom stereocenters. The second-order valence-corrected chi connectivity index (χ2v) is 27.7. The van der Waals surface area contributed by atoms with Gasteiger partial charge in [-0.25, -0.2) is 0 Å². The van der Waals surface area contributed by atoms with Crippen molar-refractivity contribution in [2.24, 2.45) is 0 Å². The fraction of sp³-hybridized carbons (Fsp3) is 0.955. The molecule has 0 aliphatic rings. The minimum absolute atomic E-state index is 0.338. The number of rotatable bonds is 17. The topological polar surface area (TPSA) is 26.3 Å². The summed E-state index contributed by atoms with van der Waals surface area (Å²) in [6.07, 6.45) is 12.4. The van der Waals surface area contributed by atoms with Crippen LogP contribution < -0.4 is 0 Å². The summed E-state index contributed by atoms with van der Waals surface area (Å²) in [6.45, 7) is 15.9. The Labute approximate surface area is 170 Å². The van der Waals surface area contributed by atoms with Crippen molar-refractivity contribution in [3.63, 3.8) is 0 Å². The summed E-state index contributed by atoms with van der Waals surface area (Å²) in [5, 5.41) is 0. The molecule has 0 heterocycles. The van der Waals surface area contributed by atoms with Crippen LogP contribution in [-0.2, 0) is 9.22 Å². The van der Waals surface area contributed by atoms with Crippen LogP contribution in [0.15, 0.2) is 0 Å². The van der Waals surface area contributed by atoms with E-state index in [0.29, 0.717) is 9.90 Å². The van der Waals surface area contributed by atoms with Gasteiger partial charge in [-0.15, -0.1) is 0 Å². The molecule has 156 valence electrons. The monoisotopic (exact) mass is 492 g/mol. The molecule has 4 heteroatoms. The van der Waals surface area contributed by atoms with Crippen LogP contribution in [-0.4, -0.2) is 36.6 Å². The maximum absolute atomic E-state index is 11.3. The molecule has 26 heavy (non-hydrogen) atoms. The summed E-state index contributed by atoms with van der Waals surface area (Å²) in [5.74, 6) is 0.338. The van der Waals surface area contributed by atoms with E-state index in [2.05, 4.69) is 40.4 Å². The first-order chi connectivity index (χ1) is 12.2. The number of carbonyl (C=O) groups is 1. The van der Waals surface area contributed by atoms with E-state index in [9.17, 15) is 4.79 Å². The Bertz CT molecular complexity index is 344. The van der Waals surface area contributed by atoms with Gasteiger partial charge in [0.2, 0.25) is 0 Å². The minimum atomic E-state index is -2.37. The summed E-state index contributed by atoms with van der Waals surface area (Å²) in [5.41, 5.74) is 0. The SMILES string of the molecule is CCC[CH2][Sn]([CH2]CCC)([CH2]CCC)[CH](CCCCC(C)=O)O[Si](C)(C)C. The number of Topliss-reactive ketones (excluding diaryl/α,β-unsaturated/α-hetero) is 1. The average Bonchev–Trinajstić information content (AvgIpc) is 2.56. The van der Waals surface area contributed by atoms with E-state index in [1.54, 1.807) is 6.92 Å². The molecule has 0 saturated carbocycles. The van der Waals surface area contributed by atoms with Crippen LogP contribution in [0.4, 0.5) is 0 Å². The zero-order valence-electron chi connectivity index (χ0n) is 19.1. The van der Waals surface area contributed by atoms with E-state index >= 15 is 0 Å². The van der Waals surface area contributed by atoms with Crippen molar-refractivity contribution in [3.05, 3.63) is 0 Å². The Balaban J connectivity index is 5.40. The molecule has 0 amide bonds. The van der Waals surface area contributed by atoms with Gasteiger partial charge >= 0.3 is 171 Å². The van der Waals surface area contributed by atoms with Crippen molar-refractivity contribution >= 4 is 32.5 Å². The van der Waals surface area contributed by atoms with Crippen molar-refractivity contribution in [2.45, 2.75) is 129 Å². The first-order valence-corrected chi connectivity index (χ1v) is 22.5. The third kappa shape index (κ3) is 12.2. The van der Waals surface area contributed by atoms with E-state index in [1.165, 1.54) is 64.7 Å². The van der Waals surface area contributed by atoms with Crippen molar-refractivity contribution < 1.29 is 9.22 Å². The van der Waals surface area contributed by atoms with Gasteiger partial charge in [-0.2, -0.15) is 0 Å². The van der Waals surface area contributed by atoms with Gasteiger partial charge in [0.1, 0.15) is 0 Å². The Hall–Kier alpha value is 0.646. The second-order valence-electron chi connectivity index (χ2n) is 9.34. The third-order valence-corrected chi connectivity index (χ3v) is 23.8. The molecular weight excluding hydrogens is 443 g/mol. The molecule has 0 spiro atoms. The summed E-state index contributed by atoms with van der Waals surface area (Å²) in [6, 6.07) is 0. The molecule has 0 saturated heterocycles. The van der Waals surface area contributed by atoms with Crippen LogP contribution in [0.1, 0.15) is 91.9 Å². The van der Waals surface area contributed by atoms with Gasteiger partial charge in [0, 0.05) is 0 Å². The van der Waals surface area contributed by atoms with Gasteiger partial charge in [-0.1, -0.05) is 0 Å². The number of hydrogen-bond donors (Lipinski definition) is 0. The zero-order chi connectivity index (χ0) is 20.1. The molecule has 0 rings (SSSR count). The Kier molecular flexibility index (Phi) is 15.0. The molecule has 0 fully saturated rings. The summed E-state index contributed by atoms with van der Waals surface area (Å²) in [7, 11) is -1.54. The van der Waals surface area contributed by atoms with Gasteiger partial charge in [0.05, 0.1) is 0 Å². The maximum atomic E-state index is 11.3. The zero-order valence-corrected chi connectivity index (χ0v) is 22.9. The Morgan fingerprint density at radius 2 is 1.31 bits per heavy atom. The van der Waals surface area contributed by atoms with Crippen LogP contribution in [0.3, 0.4) is 0 Å². The Morgan fingerprint density at radius 1 is 0.846 bits per heavy atom. The molecule has 0 aliphatic carbocycles. The number of ketones is 1. The number of carbonyl (C=O) groups excluding carboxylic acids is 1. The van der Waals surface area contributed by atoms with E-state index < -0.39 is 26.7 Å². The van der Waals surface area contributed by atoms with Gasteiger partial charge < -0.3 is 0 Å². The van der Waals surface area contributed by atoms with Gasteiger partial charge in [0.25, 0.3) is 0 Å². The molecule has 0 aromatic heterocycles. The van der Waals surface area contributed by atoms with Gasteiger partial charge in [0.15, 0.2) is 0 Å². The molecule has 0 bridgehead atoms. The molecule has 0 radical (unpaired) electrons. The van der Waals surface area contributed by atoms with Crippen LogP contribution in [0.5, 0.6) is 0 Å². The summed E-state index contributed by atoms with van der Waals surface area (Å²) < 4.78 is 12.1. The standard InChI is InChI=1S/C10H21O2Si.3C4H9.Sn/c1-10(11)8-6-5-7-9-12-13(2,3)4;3*1-3-4-2;/h9H,5-8H2,1-4H3;3*1,3-4H2,2H3;. The van der Waals surface area contributed by atoms with Gasteiger partial charge in [-0.05, 0) is 0 Å². The van der Waals surface area contributed by atoms with Crippen molar-refractivity contribution in [2.75, 3.05) is 0 Å². The summed E-state index contributed by atoms with van der Waals surface area (Å²) >= 11 is -2.37.